The normalized spacial score (nSPS) is 17.4. The van der Waals surface area contributed by atoms with E-state index in [9.17, 15) is 4.79 Å². The maximum Gasteiger partial charge on any atom is 0.258 e. The van der Waals surface area contributed by atoms with Gasteiger partial charge in [0.05, 0.1) is 6.54 Å². The van der Waals surface area contributed by atoms with E-state index in [0.29, 0.717) is 18.3 Å². The second-order valence-corrected chi connectivity index (χ2v) is 8.78. The first-order chi connectivity index (χ1) is 15.1. The van der Waals surface area contributed by atoms with Crippen LogP contribution in [0.4, 0.5) is 0 Å². The van der Waals surface area contributed by atoms with Crippen molar-refractivity contribution >= 4 is 35.8 Å². The number of nitrogens with one attached hydrogen (secondary N) is 3. The quantitative estimate of drug-likeness (QED) is 0.169. The largest absolute Gasteiger partial charge is 0.484 e. The van der Waals surface area contributed by atoms with Crippen LogP contribution in [-0.4, -0.2) is 62.1 Å². The first kappa shape index (κ1) is 26.7. The molecule has 1 saturated carbocycles. The molecule has 1 amide bonds. The van der Waals surface area contributed by atoms with Crippen molar-refractivity contribution < 1.29 is 9.53 Å². The number of rotatable bonds is 11. The fourth-order valence-corrected chi connectivity index (χ4v) is 3.69. The summed E-state index contributed by atoms with van der Waals surface area (Å²) < 4.78 is 5.64. The van der Waals surface area contributed by atoms with Crippen LogP contribution < -0.4 is 20.7 Å². The predicted octanol–water partition coefficient (Wildman–Crippen LogP) is 3.14. The number of guanidine groups is 1. The van der Waals surface area contributed by atoms with E-state index in [4.69, 9.17) is 9.73 Å². The summed E-state index contributed by atoms with van der Waals surface area (Å²) in [7, 11) is 0. The minimum atomic E-state index is -0.0522. The van der Waals surface area contributed by atoms with Gasteiger partial charge in [-0.15, -0.1) is 24.0 Å². The standard InChI is InChI=1S/C24H39N5O2.HI/c1-3-25-24(26-12-5-13-29-14-10-19(2)11-15-29)27-17-20-6-4-7-22(16-20)31-18-23(30)28-21-8-9-21;/h4,6-7,16,19,21H,3,5,8-15,17-18H2,1-2H3,(H,28,30)(H2,25,26,27);1H. The first-order valence-electron chi connectivity index (χ1n) is 11.9. The molecule has 1 aliphatic heterocycles. The molecule has 0 unspecified atom stereocenters. The van der Waals surface area contributed by atoms with Gasteiger partial charge in [-0.3, -0.25) is 4.79 Å². The molecule has 2 aliphatic rings. The molecule has 2 fully saturated rings. The summed E-state index contributed by atoms with van der Waals surface area (Å²) in [5.41, 5.74) is 1.06. The topological polar surface area (TPSA) is 78.0 Å². The van der Waals surface area contributed by atoms with E-state index in [1.807, 2.05) is 24.3 Å². The molecular formula is C24H40IN5O2. The van der Waals surface area contributed by atoms with Crippen molar-refractivity contribution in [1.29, 1.82) is 0 Å². The van der Waals surface area contributed by atoms with Crippen LogP contribution in [0.3, 0.4) is 0 Å². The number of benzene rings is 1. The zero-order valence-electron chi connectivity index (χ0n) is 19.6. The molecule has 180 valence electrons. The van der Waals surface area contributed by atoms with E-state index in [-0.39, 0.29) is 36.5 Å². The van der Waals surface area contributed by atoms with Gasteiger partial charge in [-0.1, -0.05) is 19.1 Å². The number of aliphatic imine (C=N–C) groups is 1. The fourth-order valence-electron chi connectivity index (χ4n) is 3.69. The second-order valence-electron chi connectivity index (χ2n) is 8.78. The van der Waals surface area contributed by atoms with Gasteiger partial charge < -0.3 is 25.6 Å². The highest BCUT2D eigenvalue weighted by molar-refractivity contribution is 14.0. The number of carbonyl (C=O) groups is 1. The van der Waals surface area contributed by atoms with Gasteiger partial charge in [-0.25, -0.2) is 4.99 Å². The summed E-state index contributed by atoms with van der Waals surface area (Å²) in [6.45, 7) is 10.4. The predicted molar refractivity (Wildman–Crippen MR) is 141 cm³/mol. The van der Waals surface area contributed by atoms with Gasteiger partial charge in [0.15, 0.2) is 12.6 Å². The van der Waals surface area contributed by atoms with Crippen LogP contribution in [0.5, 0.6) is 5.75 Å². The number of piperidine rings is 1. The molecule has 0 radical (unpaired) electrons. The van der Waals surface area contributed by atoms with Gasteiger partial charge in [0.25, 0.3) is 5.91 Å². The molecule has 3 N–H and O–H groups in total. The van der Waals surface area contributed by atoms with Crippen molar-refractivity contribution in [2.45, 2.75) is 58.5 Å². The molecule has 7 nitrogen and oxygen atoms in total. The van der Waals surface area contributed by atoms with Crippen LogP contribution in [0, 0.1) is 5.92 Å². The average molecular weight is 558 g/mol. The molecule has 1 aliphatic carbocycles. The van der Waals surface area contributed by atoms with Crippen molar-refractivity contribution in [2.24, 2.45) is 10.9 Å². The van der Waals surface area contributed by atoms with Crippen LogP contribution in [0.15, 0.2) is 29.3 Å². The van der Waals surface area contributed by atoms with E-state index in [1.165, 1.54) is 25.9 Å². The van der Waals surface area contributed by atoms with Crippen LogP contribution in [0.2, 0.25) is 0 Å². The number of nitrogens with zero attached hydrogens (tertiary/aromatic N) is 2. The summed E-state index contributed by atoms with van der Waals surface area (Å²) in [6, 6.07) is 8.16. The maximum absolute atomic E-state index is 11.8. The van der Waals surface area contributed by atoms with Gasteiger partial charge in [0.2, 0.25) is 0 Å². The summed E-state index contributed by atoms with van der Waals surface area (Å²) in [5.74, 6) is 2.37. The monoisotopic (exact) mass is 557 g/mol. The van der Waals surface area contributed by atoms with Crippen molar-refractivity contribution in [1.82, 2.24) is 20.9 Å². The molecule has 8 heteroatoms. The number of hydrogen-bond donors (Lipinski definition) is 3. The third kappa shape index (κ3) is 10.4. The molecular weight excluding hydrogens is 517 g/mol. The van der Waals surface area contributed by atoms with E-state index < -0.39 is 0 Å². The van der Waals surface area contributed by atoms with Gasteiger partial charge in [0, 0.05) is 19.1 Å². The van der Waals surface area contributed by atoms with E-state index in [1.54, 1.807) is 0 Å². The minimum Gasteiger partial charge on any atom is -0.484 e. The molecule has 1 aromatic rings. The van der Waals surface area contributed by atoms with E-state index in [0.717, 1.165) is 56.3 Å². The molecule has 0 spiro atoms. The van der Waals surface area contributed by atoms with Crippen molar-refractivity contribution in [3.63, 3.8) is 0 Å². The number of ether oxygens (including phenoxy) is 1. The van der Waals surface area contributed by atoms with Crippen molar-refractivity contribution in [3.8, 4) is 5.75 Å². The lowest BCUT2D eigenvalue weighted by atomic mass is 9.99. The second kappa shape index (κ2) is 14.6. The van der Waals surface area contributed by atoms with Gasteiger partial charge in [-0.2, -0.15) is 0 Å². The molecule has 0 atom stereocenters. The summed E-state index contributed by atoms with van der Waals surface area (Å²) in [6.07, 6.45) is 5.93. The Morgan fingerprint density at radius 2 is 1.97 bits per heavy atom. The molecule has 1 saturated heterocycles. The van der Waals surface area contributed by atoms with Gasteiger partial charge >= 0.3 is 0 Å². The van der Waals surface area contributed by atoms with Crippen LogP contribution in [0.25, 0.3) is 0 Å². The Morgan fingerprint density at radius 1 is 1.19 bits per heavy atom. The highest BCUT2D eigenvalue weighted by Gasteiger charge is 2.23. The number of carbonyl (C=O) groups excluding carboxylic acids is 1. The Morgan fingerprint density at radius 3 is 2.69 bits per heavy atom. The molecule has 32 heavy (non-hydrogen) atoms. The van der Waals surface area contributed by atoms with Crippen LogP contribution in [-0.2, 0) is 11.3 Å². The lowest BCUT2D eigenvalue weighted by Gasteiger charge is -2.30. The molecule has 1 heterocycles. The first-order valence-corrected chi connectivity index (χ1v) is 11.9. The number of likely N-dealkylation sites (tertiary alicyclic amines) is 1. The fraction of sp³-hybridized carbons (Fsp3) is 0.667. The Kier molecular flexibility index (Phi) is 12.2. The number of hydrogen-bond acceptors (Lipinski definition) is 4. The van der Waals surface area contributed by atoms with Gasteiger partial charge in [-0.05, 0) is 82.3 Å². The Hall–Kier alpha value is -1.55. The third-order valence-electron chi connectivity index (χ3n) is 5.79. The smallest absolute Gasteiger partial charge is 0.258 e. The van der Waals surface area contributed by atoms with Gasteiger partial charge in [0.1, 0.15) is 5.75 Å². The van der Waals surface area contributed by atoms with Crippen LogP contribution in [0.1, 0.15) is 51.5 Å². The Bertz CT molecular complexity index is 718. The van der Waals surface area contributed by atoms with Crippen molar-refractivity contribution in [2.75, 3.05) is 39.3 Å². The van der Waals surface area contributed by atoms with E-state index in [2.05, 4.69) is 34.7 Å². The highest BCUT2D eigenvalue weighted by atomic mass is 127. The van der Waals surface area contributed by atoms with Crippen LogP contribution >= 0.6 is 24.0 Å². The highest BCUT2D eigenvalue weighted by Crippen LogP contribution is 2.19. The third-order valence-corrected chi connectivity index (χ3v) is 5.79. The molecule has 0 aromatic heterocycles. The lowest BCUT2D eigenvalue weighted by Crippen LogP contribution is -2.39. The SMILES string of the molecule is CCNC(=NCc1cccc(OCC(=O)NC2CC2)c1)NCCCN1CCC(C)CC1.I. The number of amides is 1. The summed E-state index contributed by atoms with van der Waals surface area (Å²) in [5, 5.41) is 9.70. The molecule has 1 aromatic carbocycles. The molecule has 0 bridgehead atoms. The number of halogens is 1. The molecule has 3 rings (SSSR count). The zero-order chi connectivity index (χ0) is 21.9. The zero-order valence-corrected chi connectivity index (χ0v) is 21.9. The Balaban J connectivity index is 0.00000363. The lowest BCUT2D eigenvalue weighted by molar-refractivity contribution is -0.123. The maximum atomic E-state index is 11.8. The van der Waals surface area contributed by atoms with E-state index >= 15 is 0 Å². The summed E-state index contributed by atoms with van der Waals surface area (Å²) in [4.78, 5) is 19.1. The minimum absolute atomic E-state index is 0. The Labute approximate surface area is 210 Å². The average Bonchev–Trinajstić information content (AvgIpc) is 3.59. The van der Waals surface area contributed by atoms with Crippen molar-refractivity contribution in [3.05, 3.63) is 29.8 Å². The summed E-state index contributed by atoms with van der Waals surface area (Å²) >= 11 is 0.